The first-order valence-corrected chi connectivity index (χ1v) is 5.36. The number of fused-ring (bicyclic) bond motifs is 1. The van der Waals surface area contributed by atoms with Gasteiger partial charge in [-0.3, -0.25) is 4.79 Å². The van der Waals surface area contributed by atoms with Crippen LogP contribution in [0.2, 0.25) is 0 Å². The molecule has 15 heavy (non-hydrogen) atoms. The number of ether oxygens (including phenoxy) is 1. The quantitative estimate of drug-likeness (QED) is 0.835. The predicted octanol–water partition coefficient (Wildman–Crippen LogP) is 2.18. The third-order valence-electron chi connectivity index (χ3n) is 2.27. The molecular formula is C11H10BrNO2. The second kappa shape index (κ2) is 4.06. The van der Waals surface area contributed by atoms with Gasteiger partial charge in [-0.1, -0.05) is 18.7 Å². The molecule has 1 heterocycles. The van der Waals surface area contributed by atoms with Crippen LogP contribution in [0.4, 0.5) is 0 Å². The van der Waals surface area contributed by atoms with Crippen LogP contribution < -0.4 is 10.1 Å². The van der Waals surface area contributed by atoms with E-state index < -0.39 is 0 Å². The molecule has 1 aliphatic rings. The minimum Gasteiger partial charge on any atom is -0.490 e. The zero-order valence-electron chi connectivity index (χ0n) is 8.00. The fourth-order valence-corrected chi connectivity index (χ4v) is 2.05. The van der Waals surface area contributed by atoms with Crippen LogP contribution in [0.1, 0.15) is 11.6 Å². The molecule has 0 bridgehead atoms. The Kier molecular flexibility index (Phi) is 2.77. The molecule has 1 aromatic rings. The van der Waals surface area contributed by atoms with Gasteiger partial charge in [-0.25, -0.2) is 0 Å². The number of hydrogen-bond donors (Lipinski definition) is 1. The summed E-state index contributed by atoms with van der Waals surface area (Å²) < 4.78 is 6.40. The van der Waals surface area contributed by atoms with Crippen molar-refractivity contribution in [2.45, 2.75) is 6.04 Å². The largest absolute Gasteiger partial charge is 0.490 e. The van der Waals surface area contributed by atoms with Crippen LogP contribution in [0.15, 0.2) is 35.3 Å². The number of rotatable bonds is 2. The van der Waals surface area contributed by atoms with E-state index >= 15 is 0 Å². The third kappa shape index (κ3) is 1.90. The van der Waals surface area contributed by atoms with Gasteiger partial charge in [0.2, 0.25) is 5.91 Å². The molecule has 0 aliphatic carbocycles. The smallest absolute Gasteiger partial charge is 0.243 e. The van der Waals surface area contributed by atoms with Crippen molar-refractivity contribution in [1.82, 2.24) is 5.32 Å². The number of carbonyl (C=O) groups is 1. The van der Waals surface area contributed by atoms with Crippen LogP contribution in [0.25, 0.3) is 0 Å². The SMILES string of the molecule is C=CC(=O)NC1COc2c(Br)cccc21. The van der Waals surface area contributed by atoms with Crippen molar-refractivity contribution in [2.24, 2.45) is 0 Å². The summed E-state index contributed by atoms with van der Waals surface area (Å²) in [5, 5.41) is 2.81. The Bertz CT molecular complexity index is 417. The van der Waals surface area contributed by atoms with Gasteiger partial charge in [-0.15, -0.1) is 0 Å². The summed E-state index contributed by atoms with van der Waals surface area (Å²) in [4.78, 5) is 11.2. The Morgan fingerprint density at radius 1 is 1.67 bits per heavy atom. The van der Waals surface area contributed by atoms with E-state index in [4.69, 9.17) is 4.74 Å². The van der Waals surface area contributed by atoms with Crippen molar-refractivity contribution < 1.29 is 9.53 Å². The second-order valence-corrected chi connectivity index (χ2v) is 4.09. The molecule has 0 spiro atoms. The Morgan fingerprint density at radius 3 is 3.20 bits per heavy atom. The van der Waals surface area contributed by atoms with Crippen LogP contribution in [0.5, 0.6) is 5.75 Å². The fraction of sp³-hybridized carbons (Fsp3) is 0.182. The zero-order chi connectivity index (χ0) is 10.8. The number of benzene rings is 1. The van der Waals surface area contributed by atoms with Gasteiger partial charge in [0, 0.05) is 5.56 Å². The molecule has 0 radical (unpaired) electrons. The minimum absolute atomic E-state index is 0.0806. The van der Waals surface area contributed by atoms with Crippen LogP contribution >= 0.6 is 15.9 Å². The lowest BCUT2D eigenvalue weighted by Crippen LogP contribution is -2.27. The van der Waals surface area contributed by atoms with E-state index in [-0.39, 0.29) is 11.9 Å². The van der Waals surface area contributed by atoms with Gasteiger partial charge in [0.1, 0.15) is 12.4 Å². The summed E-state index contributed by atoms with van der Waals surface area (Å²) in [5.41, 5.74) is 1.000. The lowest BCUT2D eigenvalue weighted by Gasteiger charge is -2.09. The monoisotopic (exact) mass is 267 g/mol. The van der Waals surface area contributed by atoms with E-state index in [2.05, 4.69) is 27.8 Å². The van der Waals surface area contributed by atoms with Gasteiger partial charge >= 0.3 is 0 Å². The predicted molar refractivity (Wildman–Crippen MR) is 60.7 cm³/mol. The van der Waals surface area contributed by atoms with Crippen LogP contribution in [-0.2, 0) is 4.79 Å². The standard InChI is InChI=1S/C11H10BrNO2/c1-2-10(14)13-9-6-15-11-7(9)4-3-5-8(11)12/h2-5,9H,1,6H2,(H,13,14). The Labute approximate surface area is 96.3 Å². The number of hydrogen-bond acceptors (Lipinski definition) is 2. The number of nitrogens with one attached hydrogen (secondary N) is 1. The molecule has 0 saturated carbocycles. The molecule has 1 amide bonds. The Morgan fingerprint density at radius 2 is 2.47 bits per heavy atom. The first-order chi connectivity index (χ1) is 7.22. The molecule has 0 saturated heterocycles. The molecular weight excluding hydrogens is 258 g/mol. The molecule has 2 rings (SSSR count). The van der Waals surface area contributed by atoms with Crippen molar-refractivity contribution in [1.29, 1.82) is 0 Å². The normalized spacial score (nSPS) is 17.8. The summed E-state index contributed by atoms with van der Waals surface area (Å²) in [6, 6.07) is 5.70. The highest BCUT2D eigenvalue weighted by atomic mass is 79.9. The van der Waals surface area contributed by atoms with Gasteiger partial charge in [-0.2, -0.15) is 0 Å². The molecule has 1 unspecified atom stereocenters. The van der Waals surface area contributed by atoms with E-state index in [9.17, 15) is 4.79 Å². The Hall–Kier alpha value is -1.29. The molecule has 1 N–H and O–H groups in total. The highest BCUT2D eigenvalue weighted by molar-refractivity contribution is 9.10. The van der Waals surface area contributed by atoms with E-state index in [1.807, 2.05) is 18.2 Å². The minimum atomic E-state index is -0.184. The molecule has 4 heteroatoms. The van der Waals surface area contributed by atoms with E-state index in [1.54, 1.807) is 0 Å². The first-order valence-electron chi connectivity index (χ1n) is 4.56. The molecule has 78 valence electrons. The summed E-state index contributed by atoms with van der Waals surface area (Å²) in [7, 11) is 0. The van der Waals surface area contributed by atoms with Gasteiger partial charge in [0.05, 0.1) is 10.5 Å². The maximum absolute atomic E-state index is 11.2. The summed E-state index contributed by atoms with van der Waals surface area (Å²) >= 11 is 3.40. The van der Waals surface area contributed by atoms with Crippen molar-refractivity contribution >= 4 is 21.8 Å². The molecule has 3 nitrogen and oxygen atoms in total. The lowest BCUT2D eigenvalue weighted by atomic mass is 10.1. The van der Waals surface area contributed by atoms with Crippen LogP contribution in [0, 0.1) is 0 Å². The van der Waals surface area contributed by atoms with Gasteiger partial charge in [0.25, 0.3) is 0 Å². The van der Waals surface area contributed by atoms with Crippen molar-refractivity contribution in [3.63, 3.8) is 0 Å². The molecule has 1 aromatic carbocycles. The van der Waals surface area contributed by atoms with E-state index in [0.717, 1.165) is 15.8 Å². The topological polar surface area (TPSA) is 38.3 Å². The summed E-state index contributed by atoms with van der Waals surface area (Å²) in [5.74, 6) is 0.628. The number of carbonyl (C=O) groups excluding carboxylic acids is 1. The zero-order valence-corrected chi connectivity index (χ0v) is 9.58. The van der Waals surface area contributed by atoms with E-state index in [0.29, 0.717) is 6.61 Å². The van der Waals surface area contributed by atoms with Crippen molar-refractivity contribution in [2.75, 3.05) is 6.61 Å². The maximum atomic E-state index is 11.2. The molecule has 1 atom stereocenters. The van der Waals surface area contributed by atoms with Crippen molar-refractivity contribution in [3.8, 4) is 5.75 Å². The van der Waals surface area contributed by atoms with Gasteiger partial charge in [0.15, 0.2) is 0 Å². The second-order valence-electron chi connectivity index (χ2n) is 3.23. The highest BCUT2D eigenvalue weighted by Gasteiger charge is 2.26. The fourth-order valence-electron chi connectivity index (χ4n) is 1.56. The molecule has 0 fully saturated rings. The molecule has 0 aromatic heterocycles. The lowest BCUT2D eigenvalue weighted by molar-refractivity contribution is -0.117. The number of halogens is 1. The average molecular weight is 268 g/mol. The van der Waals surface area contributed by atoms with Crippen LogP contribution in [-0.4, -0.2) is 12.5 Å². The maximum Gasteiger partial charge on any atom is 0.243 e. The number of para-hydroxylation sites is 1. The first kappa shape index (κ1) is 10.2. The van der Waals surface area contributed by atoms with E-state index in [1.165, 1.54) is 6.08 Å². The highest BCUT2D eigenvalue weighted by Crippen LogP contribution is 2.38. The summed E-state index contributed by atoms with van der Waals surface area (Å²) in [6.07, 6.45) is 1.26. The van der Waals surface area contributed by atoms with Crippen molar-refractivity contribution in [3.05, 3.63) is 40.9 Å². The average Bonchev–Trinajstić information content (AvgIpc) is 2.63. The van der Waals surface area contributed by atoms with Gasteiger partial charge < -0.3 is 10.1 Å². The van der Waals surface area contributed by atoms with Gasteiger partial charge in [-0.05, 0) is 28.1 Å². The summed E-state index contributed by atoms with van der Waals surface area (Å²) in [6.45, 7) is 3.88. The Balaban J connectivity index is 2.25. The molecule has 1 aliphatic heterocycles. The third-order valence-corrected chi connectivity index (χ3v) is 2.89. The number of amides is 1. The van der Waals surface area contributed by atoms with Crippen LogP contribution in [0.3, 0.4) is 0 Å².